The van der Waals surface area contributed by atoms with E-state index in [9.17, 15) is 0 Å². The topological polar surface area (TPSA) is 12.0 Å². The van der Waals surface area contributed by atoms with E-state index < -0.39 is 0 Å². The van der Waals surface area contributed by atoms with Crippen LogP contribution >= 0.6 is 0 Å². The number of nitrogens with one attached hydrogen (secondary N) is 1. The Bertz CT molecular complexity index is 660. The summed E-state index contributed by atoms with van der Waals surface area (Å²) in [6.45, 7) is 4.78. The summed E-state index contributed by atoms with van der Waals surface area (Å²) in [4.78, 5) is 0. The van der Waals surface area contributed by atoms with Crippen LogP contribution in [0.15, 0.2) is 48.5 Å². The van der Waals surface area contributed by atoms with Crippen molar-refractivity contribution in [2.75, 3.05) is 5.32 Å². The van der Waals surface area contributed by atoms with Crippen LogP contribution in [-0.2, 0) is 17.4 Å². The van der Waals surface area contributed by atoms with Crippen LogP contribution in [0, 0.1) is 0 Å². The third kappa shape index (κ3) is 1.21. The van der Waals surface area contributed by atoms with E-state index in [1.165, 1.54) is 35.2 Å². The average Bonchev–Trinajstić information content (AvgIpc) is 2.68. The van der Waals surface area contributed by atoms with Crippen molar-refractivity contribution in [3.63, 3.8) is 0 Å². The SMILES string of the molecule is CC12CCc3ccccc3C1(C)Nc1ccccc12. The highest BCUT2D eigenvalue weighted by molar-refractivity contribution is 5.67. The molecule has 2 aliphatic rings. The first kappa shape index (κ1) is 11.1. The van der Waals surface area contributed by atoms with Crippen LogP contribution in [0.2, 0.25) is 0 Å². The lowest BCUT2D eigenvalue weighted by atomic mass is 9.60. The summed E-state index contributed by atoms with van der Waals surface area (Å²) >= 11 is 0. The maximum absolute atomic E-state index is 3.81. The molecule has 0 saturated heterocycles. The van der Waals surface area contributed by atoms with E-state index in [0.717, 1.165) is 0 Å². The molecule has 1 aliphatic carbocycles. The van der Waals surface area contributed by atoms with Crippen LogP contribution in [0.5, 0.6) is 0 Å². The van der Waals surface area contributed by atoms with Gasteiger partial charge in [0.05, 0.1) is 5.54 Å². The Morgan fingerprint density at radius 2 is 1.58 bits per heavy atom. The van der Waals surface area contributed by atoms with Crippen molar-refractivity contribution in [3.8, 4) is 0 Å². The predicted octanol–water partition coefficient (Wildman–Crippen LogP) is 4.23. The largest absolute Gasteiger partial charge is 0.375 e. The van der Waals surface area contributed by atoms with Crippen molar-refractivity contribution in [1.82, 2.24) is 0 Å². The molecule has 1 nitrogen and oxygen atoms in total. The van der Waals surface area contributed by atoms with Gasteiger partial charge in [-0.3, -0.25) is 0 Å². The second-order valence-electron chi connectivity index (χ2n) is 6.28. The van der Waals surface area contributed by atoms with Crippen LogP contribution in [0.4, 0.5) is 5.69 Å². The normalized spacial score (nSPS) is 31.1. The van der Waals surface area contributed by atoms with Gasteiger partial charge in [0.1, 0.15) is 0 Å². The molecule has 0 bridgehead atoms. The monoisotopic (exact) mass is 249 g/mol. The maximum Gasteiger partial charge on any atom is 0.0694 e. The zero-order valence-corrected chi connectivity index (χ0v) is 11.5. The van der Waals surface area contributed by atoms with Crippen LogP contribution in [0.25, 0.3) is 0 Å². The summed E-state index contributed by atoms with van der Waals surface area (Å²) in [5, 5.41) is 3.81. The molecule has 0 spiro atoms. The molecule has 19 heavy (non-hydrogen) atoms. The van der Waals surface area contributed by atoms with E-state index in [0.29, 0.717) is 0 Å². The molecule has 0 amide bonds. The van der Waals surface area contributed by atoms with Gasteiger partial charge >= 0.3 is 0 Å². The van der Waals surface area contributed by atoms with Crippen molar-refractivity contribution in [1.29, 1.82) is 0 Å². The number of hydrogen-bond acceptors (Lipinski definition) is 1. The summed E-state index contributed by atoms with van der Waals surface area (Å²) in [6.07, 6.45) is 2.39. The molecule has 2 unspecified atom stereocenters. The third-order valence-corrected chi connectivity index (χ3v) is 5.46. The zero-order chi connectivity index (χ0) is 13.1. The molecule has 96 valence electrons. The fraction of sp³-hybridized carbons (Fsp3) is 0.333. The quantitative estimate of drug-likeness (QED) is 0.736. The highest BCUT2D eigenvalue weighted by atomic mass is 15.0. The van der Waals surface area contributed by atoms with Crippen molar-refractivity contribution in [2.45, 2.75) is 37.6 Å². The highest BCUT2D eigenvalue weighted by Gasteiger charge is 2.54. The number of aryl methyl sites for hydroxylation is 1. The molecule has 0 aromatic heterocycles. The molecule has 4 rings (SSSR count). The standard InChI is InChI=1S/C18H19N/c1-17-12-11-13-7-3-4-8-14(13)18(17,2)19-16-10-6-5-9-15(16)17/h3-10,19H,11-12H2,1-2H3. The first-order chi connectivity index (χ1) is 9.15. The number of hydrogen-bond donors (Lipinski definition) is 1. The Balaban J connectivity index is 1.99. The molecule has 2 atom stereocenters. The van der Waals surface area contributed by atoms with Crippen molar-refractivity contribution in [2.24, 2.45) is 0 Å². The lowest BCUT2D eigenvalue weighted by Crippen LogP contribution is -2.49. The minimum atomic E-state index is 0.0194. The average molecular weight is 249 g/mol. The van der Waals surface area contributed by atoms with Gasteiger partial charge in [0, 0.05) is 11.1 Å². The number of anilines is 1. The molecule has 1 heteroatoms. The molecular formula is C18H19N. The van der Waals surface area contributed by atoms with Gasteiger partial charge in [0.25, 0.3) is 0 Å². The van der Waals surface area contributed by atoms with Gasteiger partial charge in [-0.15, -0.1) is 0 Å². The first-order valence-corrected chi connectivity index (χ1v) is 7.11. The number of benzene rings is 2. The smallest absolute Gasteiger partial charge is 0.0694 e. The fourth-order valence-electron chi connectivity index (χ4n) is 4.11. The maximum atomic E-state index is 3.81. The van der Waals surface area contributed by atoms with Crippen LogP contribution in [0.3, 0.4) is 0 Å². The second kappa shape index (κ2) is 3.41. The minimum Gasteiger partial charge on any atom is -0.375 e. The van der Waals surface area contributed by atoms with E-state index in [-0.39, 0.29) is 11.0 Å². The van der Waals surface area contributed by atoms with Gasteiger partial charge in [0.2, 0.25) is 0 Å². The van der Waals surface area contributed by atoms with E-state index in [1.54, 1.807) is 0 Å². The molecular weight excluding hydrogens is 230 g/mol. The summed E-state index contributed by atoms with van der Waals surface area (Å²) in [5.41, 5.74) is 5.97. The van der Waals surface area contributed by atoms with Crippen LogP contribution in [0.1, 0.15) is 37.0 Å². The van der Waals surface area contributed by atoms with Gasteiger partial charge in [0.15, 0.2) is 0 Å². The van der Waals surface area contributed by atoms with Gasteiger partial charge in [-0.25, -0.2) is 0 Å². The molecule has 0 saturated carbocycles. The van der Waals surface area contributed by atoms with Gasteiger partial charge in [-0.2, -0.15) is 0 Å². The van der Waals surface area contributed by atoms with Crippen molar-refractivity contribution < 1.29 is 0 Å². The summed E-state index contributed by atoms with van der Waals surface area (Å²) in [6, 6.07) is 17.7. The predicted molar refractivity (Wildman–Crippen MR) is 79.5 cm³/mol. The molecule has 2 aromatic carbocycles. The second-order valence-corrected chi connectivity index (χ2v) is 6.28. The molecule has 1 N–H and O–H groups in total. The Hall–Kier alpha value is -1.76. The highest BCUT2D eigenvalue weighted by Crippen LogP contribution is 2.57. The molecule has 0 fully saturated rings. The Morgan fingerprint density at radius 3 is 2.42 bits per heavy atom. The summed E-state index contributed by atoms with van der Waals surface area (Å²) < 4.78 is 0. The molecule has 1 aliphatic heterocycles. The first-order valence-electron chi connectivity index (χ1n) is 7.11. The minimum absolute atomic E-state index is 0.0194. The van der Waals surface area contributed by atoms with Crippen LogP contribution in [-0.4, -0.2) is 0 Å². The zero-order valence-electron chi connectivity index (χ0n) is 11.5. The van der Waals surface area contributed by atoms with Gasteiger partial charge in [-0.05, 0) is 42.5 Å². The van der Waals surface area contributed by atoms with Gasteiger partial charge < -0.3 is 5.32 Å². The van der Waals surface area contributed by atoms with E-state index >= 15 is 0 Å². The lowest BCUT2D eigenvalue weighted by Gasteiger charge is -2.46. The third-order valence-electron chi connectivity index (χ3n) is 5.46. The summed E-state index contributed by atoms with van der Waals surface area (Å²) in [7, 11) is 0. The molecule has 1 heterocycles. The van der Waals surface area contributed by atoms with E-state index in [1.807, 2.05) is 0 Å². The molecule has 2 aromatic rings. The lowest BCUT2D eigenvalue weighted by molar-refractivity contribution is 0.268. The number of fused-ring (bicyclic) bond motifs is 5. The fourth-order valence-corrected chi connectivity index (χ4v) is 4.11. The Labute approximate surface area is 114 Å². The van der Waals surface area contributed by atoms with Gasteiger partial charge in [-0.1, -0.05) is 49.4 Å². The van der Waals surface area contributed by atoms with E-state index in [2.05, 4.69) is 67.7 Å². The summed E-state index contributed by atoms with van der Waals surface area (Å²) in [5.74, 6) is 0. The Morgan fingerprint density at radius 1 is 0.895 bits per heavy atom. The Kier molecular flexibility index (Phi) is 1.99. The molecule has 0 radical (unpaired) electrons. The van der Waals surface area contributed by atoms with Crippen molar-refractivity contribution >= 4 is 5.69 Å². The number of rotatable bonds is 0. The van der Waals surface area contributed by atoms with E-state index in [4.69, 9.17) is 0 Å². The van der Waals surface area contributed by atoms with Crippen molar-refractivity contribution in [3.05, 3.63) is 65.2 Å². The van der Waals surface area contributed by atoms with Crippen LogP contribution < -0.4 is 5.32 Å². The number of para-hydroxylation sites is 1.